The van der Waals surface area contributed by atoms with Crippen LogP contribution >= 0.6 is 11.6 Å². The van der Waals surface area contributed by atoms with E-state index < -0.39 is 5.76 Å². The molecule has 1 saturated heterocycles. The Kier molecular flexibility index (Phi) is 5.82. The first kappa shape index (κ1) is 19.5. The molecule has 1 amide bonds. The minimum atomic E-state index is -0.458. The molecule has 0 N–H and O–H groups in total. The van der Waals surface area contributed by atoms with Crippen LogP contribution in [0.1, 0.15) is 6.42 Å². The quantitative estimate of drug-likeness (QED) is 0.572. The first-order chi connectivity index (χ1) is 14.1. The highest BCUT2D eigenvalue weighted by Crippen LogP contribution is 2.21. The molecule has 0 bridgehead atoms. The number of oxazole rings is 1. The Morgan fingerprint density at radius 1 is 1.28 bits per heavy atom. The van der Waals surface area contributed by atoms with Gasteiger partial charge in [-0.3, -0.25) is 9.36 Å². The second kappa shape index (κ2) is 8.67. The van der Waals surface area contributed by atoms with Crippen molar-refractivity contribution >= 4 is 28.6 Å². The molecule has 0 radical (unpaired) electrons. The summed E-state index contributed by atoms with van der Waals surface area (Å²) in [7, 11) is 0. The standard InChI is InChI=1S/C20H20ClN3O5/c21-19-17(6-3-8-22-19)28-13-14-12-23(10-11-27-14)18(25)7-9-24-15-4-1-2-5-16(15)29-20(24)26/h1-6,8,14H,7,9-13H2. The number of rotatable bonds is 6. The normalized spacial score (nSPS) is 16.9. The van der Waals surface area contributed by atoms with Crippen molar-refractivity contribution in [2.75, 3.05) is 26.3 Å². The Balaban J connectivity index is 1.33. The number of amides is 1. The van der Waals surface area contributed by atoms with Crippen molar-refractivity contribution < 1.29 is 18.7 Å². The number of para-hydroxylation sites is 2. The summed E-state index contributed by atoms with van der Waals surface area (Å²) in [5.41, 5.74) is 1.20. The van der Waals surface area contributed by atoms with Gasteiger partial charge in [-0.2, -0.15) is 0 Å². The third-order valence-corrected chi connectivity index (χ3v) is 5.05. The van der Waals surface area contributed by atoms with Crippen LogP contribution in [-0.2, 0) is 16.1 Å². The van der Waals surface area contributed by atoms with E-state index in [1.54, 1.807) is 41.4 Å². The lowest BCUT2D eigenvalue weighted by atomic mass is 10.2. The molecule has 1 aliphatic rings. The van der Waals surface area contributed by atoms with E-state index in [2.05, 4.69) is 4.98 Å². The zero-order valence-electron chi connectivity index (χ0n) is 15.6. The summed E-state index contributed by atoms with van der Waals surface area (Å²) in [6.07, 6.45) is 1.52. The molecule has 2 aromatic heterocycles. The van der Waals surface area contributed by atoms with Crippen LogP contribution < -0.4 is 10.5 Å². The minimum Gasteiger partial charge on any atom is -0.488 e. The summed E-state index contributed by atoms with van der Waals surface area (Å²) < 4.78 is 18.1. The van der Waals surface area contributed by atoms with E-state index in [-0.39, 0.29) is 36.7 Å². The van der Waals surface area contributed by atoms with E-state index in [1.807, 2.05) is 6.07 Å². The lowest BCUT2D eigenvalue weighted by Crippen LogP contribution is -2.47. The topological polar surface area (TPSA) is 86.8 Å². The Morgan fingerprint density at radius 2 is 2.14 bits per heavy atom. The molecule has 1 unspecified atom stereocenters. The molecular weight excluding hydrogens is 398 g/mol. The molecule has 1 atom stereocenters. The summed E-state index contributed by atoms with van der Waals surface area (Å²) in [4.78, 5) is 30.4. The van der Waals surface area contributed by atoms with Gasteiger partial charge in [0.15, 0.2) is 16.5 Å². The maximum absolute atomic E-state index is 12.7. The van der Waals surface area contributed by atoms with Crippen LogP contribution in [0.15, 0.2) is 51.8 Å². The van der Waals surface area contributed by atoms with E-state index in [0.717, 1.165) is 0 Å². The molecular formula is C20H20ClN3O5. The average molecular weight is 418 g/mol. The van der Waals surface area contributed by atoms with Crippen LogP contribution in [0, 0.1) is 0 Å². The van der Waals surface area contributed by atoms with Crippen molar-refractivity contribution in [1.82, 2.24) is 14.5 Å². The van der Waals surface area contributed by atoms with Crippen LogP contribution in [0.25, 0.3) is 11.1 Å². The van der Waals surface area contributed by atoms with E-state index in [0.29, 0.717) is 36.5 Å². The van der Waals surface area contributed by atoms with Gasteiger partial charge in [-0.25, -0.2) is 9.78 Å². The SMILES string of the molecule is O=C(CCn1c(=O)oc2ccccc21)N1CCOC(COc2cccnc2Cl)C1. The Morgan fingerprint density at radius 3 is 3.00 bits per heavy atom. The molecule has 3 aromatic rings. The molecule has 0 saturated carbocycles. The third-order valence-electron chi connectivity index (χ3n) is 4.76. The first-order valence-electron chi connectivity index (χ1n) is 9.33. The number of fused-ring (bicyclic) bond motifs is 1. The number of aromatic nitrogens is 2. The maximum Gasteiger partial charge on any atom is 0.419 e. The number of carbonyl (C=O) groups excluding carboxylic acids is 1. The first-order valence-corrected chi connectivity index (χ1v) is 9.70. The molecule has 4 rings (SSSR count). The lowest BCUT2D eigenvalue weighted by Gasteiger charge is -2.33. The Labute approximate surface area is 171 Å². The van der Waals surface area contributed by atoms with Crippen molar-refractivity contribution in [3.8, 4) is 5.75 Å². The summed E-state index contributed by atoms with van der Waals surface area (Å²) >= 11 is 5.99. The number of carbonyl (C=O) groups is 1. The summed E-state index contributed by atoms with van der Waals surface area (Å²) in [6.45, 7) is 1.87. The number of halogens is 1. The number of nitrogens with zero attached hydrogens (tertiary/aromatic N) is 3. The molecule has 0 aliphatic carbocycles. The summed E-state index contributed by atoms with van der Waals surface area (Å²) in [6, 6.07) is 10.6. The highest BCUT2D eigenvalue weighted by molar-refractivity contribution is 6.30. The van der Waals surface area contributed by atoms with Crippen molar-refractivity contribution in [3.05, 3.63) is 58.3 Å². The number of aryl methyl sites for hydroxylation is 1. The molecule has 3 heterocycles. The highest BCUT2D eigenvalue weighted by Gasteiger charge is 2.25. The number of hydrogen-bond donors (Lipinski definition) is 0. The number of pyridine rings is 1. The zero-order chi connectivity index (χ0) is 20.2. The molecule has 152 valence electrons. The molecule has 9 heteroatoms. The van der Waals surface area contributed by atoms with Crippen molar-refractivity contribution in [2.24, 2.45) is 0 Å². The molecule has 1 fully saturated rings. The second-order valence-electron chi connectivity index (χ2n) is 6.67. The molecule has 1 aromatic carbocycles. The van der Waals surface area contributed by atoms with Crippen LogP contribution in [0.4, 0.5) is 0 Å². The van der Waals surface area contributed by atoms with Gasteiger partial charge in [-0.15, -0.1) is 0 Å². The van der Waals surface area contributed by atoms with Gasteiger partial charge in [-0.05, 0) is 24.3 Å². The predicted octanol–water partition coefficient (Wildman–Crippen LogP) is 2.34. The zero-order valence-corrected chi connectivity index (χ0v) is 16.4. The van der Waals surface area contributed by atoms with Crippen molar-refractivity contribution in [2.45, 2.75) is 19.1 Å². The third kappa shape index (κ3) is 4.44. The Bertz CT molecular complexity index is 1060. The van der Waals surface area contributed by atoms with Crippen LogP contribution in [0.2, 0.25) is 5.15 Å². The van der Waals surface area contributed by atoms with Crippen LogP contribution in [0.3, 0.4) is 0 Å². The Hall–Kier alpha value is -2.84. The fourth-order valence-electron chi connectivity index (χ4n) is 3.30. The number of ether oxygens (including phenoxy) is 2. The van der Waals surface area contributed by atoms with Crippen molar-refractivity contribution in [3.63, 3.8) is 0 Å². The maximum atomic E-state index is 12.7. The van der Waals surface area contributed by atoms with Crippen molar-refractivity contribution in [1.29, 1.82) is 0 Å². The van der Waals surface area contributed by atoms with Gasteiger partial charge in [-0.1, -0.05) is 23.7 Å². The van der Waals surface area contributed by atoms with Crippen LogP contribution in [0.5, 0.6) is 5.75 Å². The van der Waals surface area contributed by atoms with Gasteiger partial charge in [0.05, 0.1) is 18.7 Å². The van der Waals surface area contributed by atoms with Gasteiger partial charge >= 0.3 is 5.76 Å². The van der Waals surface area contributed by atoms with Gasteiger partial charge in [0.1, 0.15) is 12.7 Å². The predicted molar refractivity (Wildman–Crippen MR) is 106 cm³/mol. The highest BCUT2D eigenvalue weighted by atomic mass is 35.5. The molecule has 8 nitrogen and oxygen atoms in total. The average Bonchev–Trinajstić information content (AvgIpc) is 3.06. The van der Waals surface area contributed by atoms with E-state index in [1.165, 1.54) is 4.57 Å². The van der Waals surface area contributed by atoms with Crippen LogP contribution in [-0.4, -0.2) is 52.8 Å². The molecule has 29 heavy (non-hydrogen) atoms. The number of benzene rings is 1. The monoisotopic (exact) mass is 417 g/mol. The van der Waals surface area contributed by atoms with E-state index >= 15 is 0 Å². The van der Waals surface area contributed by atoms with E-state index in [9.17, 15) is 9.59 Å². The minimum absolute atomic E-state index is 0.0464. The number of hydrogen-bond acceptors (Lipinski definition) is 6. The largest absolute Gasteiger partial charge is 0.488 e. The summed E-state index contributed by atoms with van der Waals surface area (Å²) in [5.74, 6) is -0.0251. The fraction of sp³-hybridized carbons (Fsp3) is 0.350. The van der Waals surface area contributed by atoms with Gasteiger partial charge in [0, 0.05) is 25.7 Å². The van der Waals surface area contributed by atoms with Gasteiger partial charge < -0.3 is 18.8 Å². The molecule has 1 aliphatic heterocycles. The smallest absolute Gasteiger partial charge is 0.419 e. The number of morpholine rings is 1. The lowest BCUT2D eigenvalue weighted by molar-refractivity contribution is -0.140. The van der Waals surface area contributed by atoms with Gasteiger partial charge in [0.25, 0.3) is 0 Å². The van der Waals surface area contributed by atoms with E-state index in [4.69, 9.17) is 25.5 Å². The fourth-order valence-corrected chi connectivity index (χ4v) is 3.47. The second-order valence-corrected chi connectivity index (χ2v) is 7.03. The summed E-state index contributed by atoms with van der Waals surface area (Å²) in [5, 5.41) is 0.286. The van der Waals surface area contributed by atoms with Gasteiger partial charge in [0.2, 0.25) is 5.91 Å². The molecule has 0 spiro atoms.